The second-order valence-electron chi connectivity index (χ2n) is 5.74. The number of hydrogen-bond donors (Lipinski definition) is 0. The topological polar surface area (TPSA) is 32.8 Å². The van der Waals surface area contributed by atoms with E-state index in [9.17, 15) is 4.79 Å². The number of amides is 1. The number of rotatable bonds is 1. The van der Waals surface area contributed by atoms with E-state index in [-0.39, 0.29) is 6.09 Å². The van der Waals surface area contributed by atoms with Crippen molar-refractivity contribution in [1.82, 2.24) is 9.80 Å². The van der Waals surface area contributed by atoms with Crippen LogP contribution in [0.15, 0.2) is 18.2 Å². The molecule has 2 rings (SSSR count). The summed E-state index contributed by atoms with van der Waals surface area (Å²) in [4.78, 5) is 14.8. The second-order valence-corrected chi connectivity index (χ2v) is 5.74. The van der Waals surface area contributed by atoms with Gasteiger partial charge in [0.2, 0.25) is 0 Å². The summed E-state index contributed by atoms with van der Waals surface area (Å²) in [5.41, 5.74) is 2.73. The van der Waals surface area contributed by atoms with Crippen LogP contribution in [0.4, 0.5) is 4.79 Å². The minimum Gasteiger partial charge on any atom is -0.410 e. The van der Waals surface area contributed by atoms with Gasteiger partial charge in [-0.15, -0.1) is 0 Å². The molecule has 1 aromatic rings. The molecule has 4 heteroatoms. The molecule has 0 aliphatic heterocycles. The third-order valence-electron chi connectivity index (χ3n) is 2.89. The molecule has 0 atom stereocenters. The molecule has 0 aromatic heterocycles. The Morgan fingerprint density at radius 1 is 1.00 bits per heavy atom. The van der Waals surface area contributed by atoms with Gasteiger partial charge in [0.25, 0.3) is 0 Å². The quantitative estimate of drug-likeness (QED) is 0.792. The molecule has 0 saturated heterocycles. The van der Waals surface area contributed by atoms with Crippen molar-refractivity contribution in [3.8, 4) is 5.75 Å². The van der Waals surface area contributed by atoms with Crippen LogP contribution < -0.4 is 4.74 Å². The first kappa shape index (κ1) is 16.5. The largest absolute Gasteiger partial charge is 0.414 e. The lowest BCUT2D eigenvalue weighted by atomic mass is 9.92. The van der Waals surface area contributed by atoms with Gasteiger partial charge in [-0.05, 0) is 70.1 Å². The summed E-state index contributed by atoms with van der Waals surface area (Å²) in [5.74, 6) is 0.652. The summed E-state index contributed by atoms with van der Waals surface area (Å²) in [7, 11) is 9.36. The average Bonchev–Trinajstić information content (AvgIpc) is 2.37. The summed E-state index contributed by atoms with van der Waals surface area (Å²) < 4.78 is 5.23. The molecular formula is C16H26N2O2. The molecular weight excluding hydrogens is 252 g/mol. The number of ether oxygens (including phenoxy) is 1. The Hall–Kier alpha value is -1.55. The first-order valence-electron chi connectivity index (χ1n) is 7.02. The highest BCUT2D eigenvalue weighted by molar-refractivity contribution is 5.70. The van der Waals surface area contributed by atoms with Crippen molar-refractivity contribution in [1.29, 1.82) is 0 Å². The lowest BCUT2D eigenvalue weighted by molar-refractivity contribution is 0.172. The zero-order valence-electron chi connectivity index (χ0n) is 13.3. The Labute approximate surface area is 122 Å². The molecule has 112 valence electrons. The van der Waals surface area contributed by atoms with Crippen molar-refractivity contribution in [2.75, 3.05) is 35.2 Å². The molecule has 0 radical (unpaired) electrons. The van der Waals surface area contributed by atoms with Crippen molar-refractivity contribution in [2.24, 2.45) is 0 Å². The third-order valence-corrected chi connectivity index (χ3v) is 2.89. The van der Waals surface area contributed by atoms with Crippen LogP contribution in [0.1, 0.15) is 24.0 Å². The maximum atomic E-state index is 11.4. The standard InChI is InChI=1S/C13H17NO2.C3H9N/c1-14(2)13(15)16-12-8-7-10-5-3-4-6-11(10)9-12;1-4(2)3/h7-9H,3-6H2,1-2H3;1-3H3. The fraction of sp³-hybridized carbons (Fsp3) is 0.562. The van der Waals surface area contributed by atoms with Gasteiger partial charge < -0.3 is 14.5 Å². The maximum absolute atomic E-state index is 11.4. The molecule has 0 spiro atoms. The Kier molecular flexibility index (Phi) is 6.52. The van der Waals surface area contributed by atoms with Crippen LogP contribution in [0.3, 0.4) is 0 Å². The molecule has 1 aromatic carbocycles. The molecule has 4 nitrogen and oxygen atoms in total. The first-order chi connectivity index (χ1) is 9.40. The molecule has 20 heavy (non-hydrogen) atoms. The Bertz CT molecular complexity index is 439. The van der Waals surface area contributed by atoms with Gasteiger partial charge in [-0.2, -0.15) is 0 Å². The highest BCUT2D eigenvalue weighted by atomic mass is 16.6. The number of aryl methyl sites for hydroxylation is 2. The minimum absolute atomic E-state index is 0.323. The van der Waals surface area contributed by atoms with Crippen molar-refractivity contribution in [2.45, 2.75) is 25.7 Å². The molecule has 0 saturated carbocycles. The van der Waals surface area contributed by atoms with E-state index in [1.165, 1.54) is 28.9 Å². The van der Waals surface area contributed by atoms with Crippen molar-refractivity contribution >= 4 is 6.09 Å². The molecule has 0 heterocycles. The number of benzene rings is 1. The Balaban J connectivity index is 0.000000444. The fourth-order valence-corrected chi connectivity index (χ4v) is 1.97. The molecule has 0 N–H and O–H groups in total. The molecule has 1 aliphatic rings. The lowest BCUT2D eigenvalue weighted by Gasteiger charge is -2.17. The molecule has 0 bridgehead atoms. The predicted molar refractivity (Wildman–Crippen MR) is 82.4 cm³/mol. The summed E-state index contributed by atoms with van der Waals surface area (Å²) in [6.07, 6.45) is 4.43. The fourth-order valence-electron chi connectivity index (χ4n) is 1.97. The van der Waals surface area contributed by atoms with Crippen molar-refractivity contribution < 1.29 is 9.53 Å². The average molecular weight is 278 g/mol. The zero-order valence-corrected chi connectivity index (χ0v) is 13.3. The van der Waals surface area contributed by atoms with E-state index in [2.05, 4.69) is 6.07 Å². The van der Waals surface area contributed by atoms with Gasteiger partial charge in [-0.1, -0.05) is 6.07 Å². The molecule has 1 amide bonds. The van der Waals surface area contributed by atoms with Crippen LogP contribution >= 0.6 is 0 Å². The van der Waals surface area contributed by atoms with Gasteiger partial charge in [0.1, 0.15) is 5.75 Å². The maximum Gasteiger partial charge on any atom is 0.414 e. The van der Waals surface area contributed by atoms with E-state index in [1.54, 1.807) is 14.1 Å². The number of hydrogen-bond acceptors (Lipinski definition) is 3. The Morgan fingerprint density at radius 2 is 1.55 bits per heavy atom. The van der Waals surface area contributed by atoms with Crippen LogP contribution in [-0.2, 0) is 12.8 Å². The summed E-state index contributed by atoms with van der Waals surface area (Å²) in [5, 5.41) is 0. The first-order valence-corrected chi connectivity index (χ1v) is 7.02. The number of carbonyl (C=O) groups is 1. The van der Waals surface area contributed by atoms with E-state index in [0.29, 0.717) is 5.75 Å². The lowest BCUT2D eigenvalue weighted by Crippen LogP contribution is -2.25. The van der Waals surface area contributed by atoms with Crippen molar-refractivity contribution in [3.05, 3.63) is 29.3 Å². The smallest absolute Gasteiger partial charge is 0.410 e. The summed E-state index contributed by atoms with van der Waals surface area (Å²) >= 11 is 0. The normalized spacial score (nSPS) is 13.1. The van der Waals surface area contributed by atoms with Crippen LogP contribution in [0, 0.1) is 0 Å². The van der Waals surface area contributed by atoms with Crippen LogP contribution in [-0.4, -0.2) is 51.1 Å². The van der Waals surface area contributed by atoms with E-state index in [1.807, 2.05) is 38.2 Å². The summed E-state index contributed by atoms with van der Waals surface area (Å²) in [6.45, 7) is 0. The van der Waals surface area contributed by atoms with Crippen molar-refractivity contribution in [3.63, 3.8) is 0 Å². The summed E-state index contributed by atoms with van der Waals surface area (Å²) in [6, 6.07) is 5.95. The van der Waals surface area contributed by atoms with Crippen LogP contribution in [0.25, 0.3) is 0 Å². The second kappa shape index (κ2) is 7.90. The van der Waals surface area contributed by atoms with E-state index in [4.69, 9.17) is 4.74 Å². The van der Waals surface area contributed by atoms with Gasteiger partial charge in [0.05, 0.1) is 0 Å². The van der Waals surface area contributed by atoms with Gasteiger partial charge in [-0.25, -0.2) is 4.79 Å². The Morgan fingerprint density at radius 3 is 2.10 bits per heavy atom. The van der Waals surface area contributed by atoms with Gasteiger partial charge >= 0.3 is 6.09 Å². The van der Waals surface area contributed by atoms with Crippen LogP contribution in [0.2, 0.25) is 0 Å². The molecule has 0 fully saturated rings. The number of carbonyl (C=O) groups excluding carboxylic acids is 1. The van der Waals surface area contributed by atoms with E-state index in [0.717, 1.165) is 12.8 Å². The zero-order chi connectivity index (χ0) is 15.1. The van der Waals surface area contributed by atoms with E-state index >= 15 is 0 Å². The molecule has 0 unspecified atom stereocenters. The number of fused-ring (bicyclic) bond motifs is 1. The van der Waals surface area contributed by atoms with Crippen LogP contribution in [0.5, 0.6) is 5.75 Å². The van der Waals surface area contributed by atoms with Gasteiger partial charge in [0.15, 0.2) is 0 Å². The highest BCUT2D eigenvalue weighted by Gasteiger charge is 2.12. The van der Waals surface area contributed by atoms with Gasteiger partial charge in [0, 0.05) is 14.1 Å². The number of nitrogens with zero attached hydrogens (tertiary/aromatic N) is 2. The van der Waals surface area contributed by atoms with Gasteiger partial charge in [-0.3, -0.25) is 0 Å². The SMILES string of the molecule is CN(C)C.CN(C)C(=O)Oc1ccc2c(c1)CCCC2. The highest BCUT2D eigenvalue weighted by Crippen LogP contribution is 2.25. The third kappa shape index (κ3) is 5.61. The minimum atomic E-state index is -0.323. The predicted octanol–water partition coefficient (Wildman–Crippen LogP) is 2.80. The van der Waals surface area contributed by atoms with E-state index < -0.39 is 0 Å². The monoisotopic (exact) mass is 278 g/mol. The molecule has 1 aliphatic carbocycles.